The molecule has 0 aliphatic rings. The lowest BCUT2D eigenvalue weighted by Crippen LogP contribution is -2.26. The Hall–Kier alpha value is -1.52. The van der Waals surface area contributed by atoms with Crippen LogP contribution in [0.15, 0.2) is 12.5 Å². The van der Waals surface area contributed by atoms with Gasteiger partial charge in [-0.05, 0) is 20.8 Å². The van der Waals surface area contributed by atoms with Crippen LogP contribution in [0.2, 0.25) is 0 Å². The SMILES string of the molecule is CC(C)(C)OC(=O)Cn1cnc(N)c1. The molecule has 0 radical (unpaired) electrons. The molecule has 5 heteroatoms. The number of hydrogen-bond acceptors (Lipinski definition) is 4. The fourth-order valence-corrected chi connectivity index (χ4v) is 0.987. The first-order valence-electron chi connectivity index (χ1n) is 4.36. The molecular weight excluding hydrogens is 182 g/mol. The van der Waals surface area contributed by atoms with Gasteiger partial charge in [-0.3, -0.25) is 4.79 Å². The Bertz CT molecular complexity index is 325. The molecule has 0 saturated carbocycles. The Balaban J connectivity index is 2.50. The van der Waals surface area contributed by atoms with Gasteiger partial charge in [0.05, 0.1) is 6.33 Å². The van der Waals surface area contributed by atoms with Gasteiger partial charge in [-0.2, -0.15) is 0 Å². The van der Waals surface area contributed by atoms with E-state index in [1.54, 1.807) is 10.8 Å². The fraction of sp³-hybridized carbons (Fsp3) is 0.556. The first kappa shape index (κ1) is 10.6. The van der Waals surface area contributed by atoms with Crippen molar-refractivity contribution in [2.45, 2.75) is 32.9 Å². The summed E-state index contributed by atoms with van der Waals surface area (Å²) < 4.78 is 6.71. The van der Waals surface area contributed by atoms with Crippen LogP contribution in [0, 0.1) is 0 Å². The molecule has 1 aromatic heterocycles. The molecule has 0 unspecified atom stereocenters. The third-order valence-corrected chi connectivity index (χ3v) is 1.38. The third-order valence-electron chi connectivity index (χ3n) is 1.38. The second-order valence-corrected chi connectivity index (χ2v) is 4.06. The van der Waals surface area contributed by atoms with Crippen LogP contribution in [0.25, 0.3) is 0 Å². The van der Waals surface area contributed by atoms with Crippen molar-refractivity contribution in [3.63, 3.8) is 0 Å². The Kier molecular flexibility index (Phi) is 2.78. The van der Waals surface area contributed by atoms with Crippen LogP contribution in [-0.2, 0) is 16.1 Å². The highest BCUT2D eigenvalue weighted by Gasteiger charge is 2.16. The molecule has 5 nitrogen and oxygen atoms in total. The normalized spacial score (nSPS) is 11.4. The molecule has 0 aliphatic carbocycles. The van der Waals surface area contributed by atoms with Crippen LogP contribution in [0.1, 0.15) is 20.8 Å². The number of esters is 1. The van der Waals surface area contributed by atoms with Crippen LogP contribution in [0.4, 0.5) is 5.82 Å². The van der Waals surface area contributed by atoms with Gasteiger partial charge in [0.1, 0.15) is 18.0 Å². The van der Waals surface area contributed by atoms with Gasteiger partial charge in [-0.15, -0.1) is 0 Å². The fourth-order valence-electron chi connectivity index (χ4n) is 0.987. The van der Waals surface area contributed by atoms with Crippen molar-refractivity contribution in [1.82, 2.24) is 9.55 Å². The largest absolute Gasteiger partial charge is 0.459 e. The first-order chi connectivity index (χ1) is 6.37. The van der Waals surface area contributed by atoms with Crippen molar-refractivity contribution in [2.24, 2.45) is 0 Å². The van der Waals surface area contributed by atoms with E-state index in [9.17, 15) is 4.79 Å². The smallest absolute Gasteiger partial charge is 0.326 e. The number of nitrogen functional groups attached to an aromatic ring is 1. The molecule has 0 fully saturated rings. The van der Waals surface area contributed by atoms with E-state index in [0.717, 1.165) is 0 Å². The highest BCUT2D eigenvalue weighted by atomic mass is 16.6. The minimum Gasteiger partial charge on any atom is -0.459 e. The summed E-state index contributed by atoms with van der Waals surface area (Å²) in [6.07, 6.45) is 3.09. The van der Waals surface area contributed by atoms with Crippen molar-refractivity contribution in [3.8, 4) is 0 Å². The molecule has 0 aliphatic heterocycles. The van der Waals surface area contributed by atoms with Crippen LogP contribution < -0.4 is 5.73 Å². The predicted molar refractivity (Wildman–Crippen MR) is 52.5 cm³/mol. The van der Waals surface area contributed by atoms with Gasteiger partial charge in [0.15, 0.2) is 0 Å². The molecule has 14 heavy (non-hydrogen) atoms. The summed E-state index contributed by atoms with van der Waals surface area (Å²) in [7, 11) is 0. The molecule has 0 atom stereocenters. The van der Waals surface area contributed by atoms with Crippen molar-refractivity contribution in [2.75, 3.05) is 5.73 Å². The van der Waals surface area contributed by atoms with Crippen molar-refractivity contribution < 1.29 is 9.53 Å². The Morgan fingerprint density at radius 1 is 1.64 bits per heavy atom. The van der Waals surface area contributed by atoms with Crippen molar-refractivity contribution in [3.05, 3.63) is 12.5 Å². The molecule has 2 N–H and O–H groups in total. The molecular formula is C9H15N3O2. The quantitative estimate of drug-likeness (QED) is 0.712. The summed E-state index contributed by atoms with van der Waals surface area (Å²) in [6, 6.07) is 0. The lowest BCUT2D eigenvalue weighted by molar-refractivity contribution is -0.155. The summed E-state index contributed by atoms with van der Waals surface area (Å²) in [5.74, 6) is 0.100. The zero-order valence-corrected chi connectivity index (χ0v) is 8.65. The zero-order chi connectivity index (χ0) is 10.8. The number of nitrogens with zero attached hydrogens (tertiary/aromatic N) is 2. The molecule has 1 aromatic rings. The lowest BCUT2D eigenvalue weighted by atomic mass is 10.2. The highest BCUT2D eigenvalue weighted by molar-refractivity contribution is 5.69. The maximum absolute atomic E-state index is 11.3. The second kappa shape index (κ2) is 3.69. The zero-order valence-electron chi connectivity index (χ0n) is 8.65. The minimum atomic E-state index is -0.455. The topological polar surface area (TPSA) is 70.1 Å². The van der Waals surface area contributed by atoms with Crippen molar-refractivity contribution in [1.29, 1.82) is 0 Å². The summed E-state index contributed by atoms with van der Waals surface area (Å²) >= 11 is 0. The summed E-state index contributed by atoms with van der Waals surface area (Å²) in [4.78, 5) is 15.1. The van der Waals surface area contributed by atoms with E-state index < -0.39 is 5.60 Å². The molecule has 0 saturated heterocycles. The van der Waals surface area contributed by atoms with Crippen LogP contribution in [-0.4, -0.2) is 21.1 Å². The predicted octanol–water partition coefficient (Wildman–Crippen LogP) is 0.807. The van der Waals surface area contributed by atoms with Gasteiger partial charge in [0.2, 0.25) is 0 Å². The van der Waals surface area contributed by atoms with Crippen LogP contribution >= 0.6 is 0 Å². The summed E-state index contributed by atoms with van der Waals surface area (Å²) in [6.45, 7) is 5.62. The summed E-state index contributed by atoms with van der Waals surface area (Å²) in [5.41, 5.74) is 4.94. The molecule has 0 spiro atoms. The minimum absolute atomic E-state index is 0.140. The maximum atomic E-state index is 11.3. The summed E-state index contributed by atoms with van der Waals surface area (Å²) in [5, 5.41) is 0. The standard InChI is InChI=1S/C9H15N3O2/c1-9(2,3)14-8(13)5-12-4-7(10)11-6-12/h4,6H,5,10H2,1-3H3. The first-order valence-corrected chi connectivity index (χ1v) is 4.36. The van der Waals surface area contributed by atoms with Crippen LogP contribution in [0.5, 0.6) is 0 Å². The number of anilines is 1. The maximum Gasteiger partial charge on any atom is 0.326 e. The highest BCUT2D eigenvalue weighted by Crippen LogP contribution is 2.08. The number of rotatable bonds is 2. The van der Waals surface area contributed by atoms with E-state index in [-0.39, 0.29) is 12.5 Å². The number of hydrogen-bond donors (Lipinski definition) is 1. The Morgan fingerprint density at radius 2 is 2.29 bits per heavy atom. The molecule has 78 valence electrons. The number of carbonyl (C=O) groups is 1. The molecule has 0 amide bonds. The average Bonchev–Trinajstić information content (AvgIpc) is 2.30. The van der Waals surface area contributed by atoms with Gasteiger partial charge in [-0.25, -0.2) is 4.98 Å². The molecule has 1 rings (SSSR count). The third kappa shape index (κ3) is 3.47. The average molecular weight is 197 g/mol. The number of imidazole rings is 1. The number of aromatic nitrogens is 2. The van der Waals surface area contributed by atoms with Gasteiger partial charge >= 0.3 is 5.97 Å². The van der Waals surface area contributed by atoms with Gasteiger partial charge in [0.25, 0.3) is 0 Å². The van der Waals surface area contributed by atoms with Crippen LogP contribution in [0.3, 0.4) is 0 Å². The number of carbonyl (C=O) groups excluding carboxylic acids is 1. The number of nitrogens with two attached hydrogens (primary N) is 1. The van der Waals surface area contributed by atoms with E-state index in [4.69, 9.17) is 10.5 Å². The number of ether oxygens (including phenoxy) is 1. The van der Waals surface area contributed by atoms with E-state index in [1.165, 1.54) is 6.33 Å². The lowest BCUT2D eigenvalue weighted by Gasteiger charge is -2.19. The van der Waals surface area contributed by atoms with Gasteiger partial charge < -0.3 is 15.0 Å². The second-order valence-electron chi connectivity index (χ2n) is 4.06. The monoisotopic (exact) mass is 197 g/mol. The Morgan fingerprint density at radius 3 is 2.71 bits per heavy atom. The van der Waals surface area contributed by atoms with Gasteiger partial charge in [-0.1, -0.05) is 0 Å². The molecule has 0 bridgehead atoms. The Labute approximate surface area is 82.9 Å². The van der Waals surface area contributed by atoms with E-state index in [2.05, 4.69) is 4.98 Å². The van der Waals surface area contributed by atoms with E-state index >= 15 is 0 Å². The van der Waals surface area contributed by atoms with E-state index in [0.29, 0.717) is 5.82 Å². The van der Waals surface area contributed by atoms with Crippen molar-refractivity contribution >= 4 is 11.8 Å². The van der Waals surface area contributed by atoms with E-state index in [1.807, 2.05) is 20.8 Å². The molecule has 0 aromatic carbocycles. The molecule has 1 heterocycles. The van der Waals surface area contributed by atoms with Gasteiger partial charge in [0, 0.05) is 6.20 Å².